The number of carbonyl (C=O) groups is 3. The van der Waals surface area contributed by atoms with Crippen molar-refractivity contribution in [2.45, 2.75) is 51.7 Å². The molecule has 3 atom stereocenters. The number of fused-ring (bicyclic) bond motifs is 2. The zero-order chi connectivity index (χ0) is 25.6. The number of amides is 3. The number of likely N-dealkylation sites (tertiary alicyclic amines) is 2. The van der Waals surface area contributed by atoms with Gasteiger partial charge >= 0.3 is 0 Å². The number of halogens is 1. The van der Waals surface area contributed by atoms with Gasteiger partial charge in [-0.15, -0.1) is 0 Å². The van der Waals surface area contributed by atoms with Crippen molar-refractivity contribution in [1.82, 2.24) is 20.1 Å². The van der Waals surface area contributed by atoms with Crippen molar-refractivity contribution in [1.29, 1.82) is 0 Å². The monoisotopic (exact) mass is 506 g/mol. The third-order valence-corrected chi connectivity index (χ3v) is 7.58. The van der Waals surface area contributed by atoms with Crippen molar-refractivity contribution < 1.29 is 14.4 Å². The molecule has 0 aliphatic carbocycles. The van der Waals surface area contributed by atoms with Gasteiger partial charge in [-0.2, -0.15) is 0 Å². The van der Waals surface area contributed by atoms with Crippen LogP contribution in [0.4, 0.5) is 0 Å². The van der Waals surface area contributed by atoms with Crippen molar-refractivity contribution in [2.75, 3.05) is 13.1 Å². The number of aromatic amines is 1. The van der Waals surface area contributed by atoms with E-state index in [1.54, 1.807) is 30.3 Å². The molecule has 2 N–H and O–H groups in total. The summed E-state index contributed by atoms with van der Waals surface area (Å²) in [5.41, 5.74) is 1.41. The minimum absolute atomic E-state index is 0.0177. The highest BCUT2D eigenvalue weighted by molar-refractivity contribution is 6.30. The summed E-state index contributed by atoms with van der Waals surface area (Å²) in [6.45, 7) is 7.00. The third-order valence-electron chi connectivity index (χ3n) is 7.33. The van der Waals surface area contributed by atoms with E-state index < -0.39 is 11.5 Å². The van der Waals surface area contributed by atoms with E-state index in [9.17, 15) is 14.4 Å². The van der Waals surface area contributed by atoms with Crippen LogP contribution in [0, 0.1) is 5.41 Å². The van der Waals surface area contributed by atoms with Gasteiger partial charge in [0.25, 0.3) is 11.8 Å². The van der Waals surface area contributed by atoms with Gasteiger partial charge in [0.05, 0.1) is 12.1 Å². The van der Waals surface area contributed by atoms with Crippen molar-refractivity contribution in [2.24, 2.45) is 5.41 Å². The highest BCUT2D eigenvalue weighted by Gasteiger charge is 2.51. The first-order valence-electron chi connectivity index (χ1n) is 12.4. The lowest BCUT2D eigenvalue weighted by atomic mass is 9.81. The second-order valence-corrected chi connectivity index (χ2v) is 11.3. The van der Waals surface area contributed by atoms with Crippen molar-refractivity contribution in [3.63, 3.8) is 0 Å². The van der Waals surface area contributed by atoms with E-state index in [1.807, 2.05) is 54.8 Å². The molecule has 0 bridgehead atoms. The van der Waals surface area contributed by atoms with E-state index >= 15 is 0 Å². The molecule has 1 aromatic heterocycles. The number of hydrogen-bond acceptors (Lipinski definition) is 3. The zero-order valence-corrected chi connectivity index (χ0v) is 21.5. The molecule has 2 aromatic carbocycles. The van der Waals surface area contributed by atoms with E-state index in [2.05, 4.69) is 10.3 Å². The Morgan fingerprint density at radius 3 is 2.44 bits per heavy atom. The maximum Gasteiger partial charge on any atom is 0.268 e. The Bertz CT molecular complexity index is 1280. The molecule has 188 valence electrons. The number of hydrogen-bond donors (Lipinski definition) is 2. The van der Waals surface area contributed by atoms with Gasteiger partial charge in [0.1, 0.15) is 11.7 Å². The van der Waals surface area contributed by atoms with Crippen LogP contribution in [0.3, 0.4) is 0 Å². The van der Waals surface area contributed by atoms with Crippen molar-refractivity contribution in [3.05, 3.63) is 70.9 Å². The molecule has 3 aromatic rings. The number of para-hydroxylation sites is 1. The lowest BCUT2D eigenvalue weighted by Crippen LogP contribution is -2.73. The normalized spacial score (nSPS) is 20.4. The van der Waals surface area contributed by atoms with Gasteiger partial charge in [0.2, 0.25) is 5.91 Å². The van der Waals surface area contributed by atoms with Crippen molar-refractivity contribution >= 4 is 40.2 Å². The van der Waals surface area contributed by atoms with Crippen LogP contribution in [0.2, 0.25) is 5.02 Å². The van der Waals surface area contributed by atoms with Crippen LogP contribution in [0.25, 0.3) is 10.9 Å². The fourth-order valence-electron chi connectivity index (χ4n) is 5.30. The maximum absolute atomic E-state index is 13.7. The van der Waals surface area contributed by atoms with Gasteiger partial charge in [0.15, 0.2) is 0 Å². The summed E-state index contributed by atoms with van der Waals surface area (Å²) in [6, 6.07) is 15.7. The number of carbonyl (C=O) groups excluding carboxylic acids is 3. The lowest BCUT2D eigenvalue weighted by Gasteiger charge is -2.56. The Balaban J connectivity index is 1.30. The Hall–Kier alpha value is -3.32. The first-order valence-corrected chi connectivity index (χ1v) is 12.8. The molecule has 2 saturated heterocycles. The van der Waals surface area contributed by atoms with E-state index in [1.165, 1.54) is 0 Å². The molecule has 8 heteroatoms. The summed E-state index contributed by atoms with van der Waals surface area (Å²) in [5, 5.41) is 4.52. The average Bonchev–Trinajstić information content (AvgIpc) is 3.26. The maximum atomic E-state index is 13.7. The number of aromatic nitrogens is 1. The minimum Gasteiger partial charge on any atom is -0.351 e. The van der Waals surface area contributed by atoms with Gasteiger partial charge in [-0.25, -0.2) is 0 Å². The Labute approximate surface area is 215 Å². The summed E-state index contributed by atoms with van der Waals surface area (Å²) in [7, 11) is 0. The quantitative estimate of drug-likeness (QED) is 0.547. The average molecular weight is 507 g/mol. The molecule has 2 aliphatic rings. The second-order valence-electron chi connectivity index (χ2n) is 10.8. The van der Waals surface area contributed by atoms with Crippen LogP contribution >= 0.6 is 11.6 Å². The fraction of sp³-hybridized carbons (Fsp3) is 0.393. The molecule has 2 unspecified atom stereocenters. The molecule has 2 aliphatic heterocycles. The zero-order valence-electron chi connectivity index (χ0n) is 20.8. The fourth-order valence-corrected chi connectivity index (χ4v) is 5.43. The topological polar surface area (TPSA) is 85.5 Å². The van der Waals surface area contributed by atoms with Gasteiger partial charge < -0.3 is 20.1 Å². The first kappa shape index (κ1) is 24.4. The van der Waals surface area contributed by atoms with Gasteiger partial charge in [0, 0.05) is 34.6 Å². The van der Waals surface area contributed by atoms with Crippen LogP contribution in [0.15, 0.2) is 54.6 Å². The van der Waals surface area contributed by atoms with Crippen LogP contribution in [-0.4, -0.2) is 63.7 Å². The number of H-pyrrole nitrogens is 1. The molecular formula is C28H31ClN4O3. The SMILES string of the molecule is CC(C)(C)C(NC(=O)c1cc2ccccc2[nH]1)C(=O)N1C[C@@H]2C1CCCN2C(=O)c1ccc(Cl)cc1. The number of nitrogens with one attached hydrogen (secondary N) is 2. The second kappa shape index (κ2) is 9.28. The molecule has 0 saturated carbocycles. The summed E-state index contributed by atoms with van der Waals surface area (Å²) < 4.78 is 0. The Kier molecular flexibility index (Phi) is 6.29. The predicted octanol–water partition coefficient (Wildman–Crippen LogP) is 4.48. The smallest absolute Gasteiger partial charge is 0.268 e. The molecule has 5 rings (SSSR count). The number of nitrogens with zero attached hydrogens (tertiary/aromatic N) is 2. The Morgan fingerprint density at radius 2 is 1.75 bits per heavy atom. The predicted molar refractivity (Wildman–Crippen MR) is 140 cm³/mol. The van der Waals surface area contributed by atoms with Gasteiger partial charge in [-0.3, -0.25) is 14.4 Å². The van der Waals surface area contributed by atoms with Crippen LogP contribution in [0.5, 0.6) is 0 Å². The van der Waals surface area contributed by atoms with E-state index in [0.717, 1.165) is 23.7 Å². The molecule has 2 fully saturated rings. The van der Waals surface area contributed by atoms with Gasteiger partial charge in [-0.05, 0) is 54.7 Å². The highest BCUT2D eigenvalue weighted by Crippen LogP contribution is 2.35. The number of rotatable bonds is 4. The molecule has 7 nitrogen and oxygen atoms in total. The standard InChI is InChI=1S/C28H31ClN4O3/c1-28(2,3)24(31-25(34)21-15-18-7-4-5-8-20(18)30-21)27(36)33-16-23-22(33)9-6-14-32(23)26(35)17-10-12-19(29)13-11-17/h4-5,7-8,10-13,15,22-24,30H,6,9,14,16H2,1-3H3,(H,31,34)/t22?,23-,24?/m1/s1. The van der Waals surface area contributed by atoms with Crippen LogP contribution in [-0.2, 0) is 4.79 Å². The number of piperidine rings is 1. The molecule has 36 heavy (non-hydrogen) atoms. The first-order chi connectivity index (χ1) is 17.1. The molecular weight excluding hydrogens is 476 g/mol. The van der Waals surface area contributed by atoms with E-state index in [0.29, 0.717) is 29.4 Å². The number of benzene rings is 2. The minimum atomic E-state index is -0.695. The largest absolute Gasteiger partial charge is 0.351 e. The van der Waals surface area contributed by atoms with E-state index in [-0.39, 0.29) is 29.8 Å². The highest BCUT2D eigenvalue weighted by atomic mass is 35.5. The summed E-state index contributed by atoms with van der Waals surface area (Å²) >= 11 is 5.98. The van der Waals surface area contributed by atoms with E-state index in [4.69, 9.17) is 11.6 Å². The molecule has 3 amide bonds. The summed E-state index contributed by atoms with van der Waals surface area (Å²) in [5.74, 6) is -0.443. The molecule has 0 radical (unpaired) electrons. The summed E-state index contributed by atoms with van der Waals surface area (Å²) in [6.07, 6.45) is 1.67. The molecule has 3 heterocycles. The van der Waals surface area contributed by atoms with Gasteiger partial charge in [-0.1, -0.05) is 50.6 Å². The third kappa shape index (κ3) is 4.48. The Morgan fingerprint density at radius 1 is 1.03 bits per heavy atom. The summed E-state index contributed by atoms with van der Waals surface area (Å²) in [4.78, 5) is 46.9. The van der Waals surface area contributed by atoms with Crippen LogP contribution < -0.4 is 5.32 Å². The lowest BCUT2D eigenvalue weighted by molar-refractivity contribution is -0.152. The molecule has 0 spiro atoms. The van der Waals surface area contributed by atoms with Crippen LogP contribution in [0.1, 0.15) is 54.5 Å². The van der Waals surface area contributed by atoms with Crippen molar-refractivity contribution in [3.8, 4) is 0 Å².